The van der Waals surface area contributed by atoms with Gasteiger partial charge in [-0.2, -0.15) is 0 Å². The van der Waals surface area contributed by atoms with Gasteiger partial charge in [0.05, 0.1) is 11.5 Å². The van der Waals surface area contributed by atoms with E-state index in [1.54, 1.807) is 12.1 Å². The Bertz CT molecular complexity index is 972. The SMILES string of the molecule is CCOc1ccc(S(=O)(=O)Nc2ccc(C(=O)NC3CCCNC3=O)cc2)cc1. The van der Waals surface area contributed by atoms with Gasteiger partial charge >= 0.3 is 0 Å². The molecule has 29 heavy (non-hydrogen) atoms. The third-order valence-electron chi connectivity index (χ3n) is 4.43. The smallest absolute Gasteiger partial charge is 0.261 e. The van der Waals surface area contributed by atoms with E-state index < -0.39 is 16.1 Å². The second-order valence-corrected chi connectivity index (χ2v) is 8.23. The highest BCUT2D eigenvalue weighted by Crippen LogP contribution is 2.20. The zero-order valence-corrected chi connectivity index (χ0v) is 16.8. The minimum absolute atomic E-state index is 0.103. The number of carbonyl (C=O) groups is 2. The van der Waals surface area contributed by atoms with Gasteiger partial charge in [-0.15, -0.1) is 0 Å². The molecule has 0 aliphatic carbocycles. The summed E-state index contributed by atoms with van der Waals surface area (Å²) in [6.07, 6.45) is 1.40. The van der Waals surface area contributed by atoms with Gasteiger partial charge < -0.3 is 15.4 Å². The van der Waals surface area contributed by atoms with E-state index in [1.165, 1.54) is 36.4 Å². The molecule has 1 saturated heterocycles. The average molecular weight is 417 g/mol. The number of rotatable bonds is 7. The maximum absolute atomic E-state index is 12.5. The number of benzene rings is 2. The van der Waals surface area contributed by atoms with E-state index in [1.807, 2.05) is 6.92 Å². The van der Waals surface area contributed by atoms with Crippen LogP contribution in [-0.2, 0) is 14.8 Å². The molecule has 1 aliphatic heterocycles. The number of ether oxygens (including phenoxy) is 1. The lowest BCUT2D eigenvalue weighted by molar-refractivity contribution is -0.124. The zero-order valence-electron chi connectivity index (χ0n) is 16.0. The Labute approximate surface area is 169 Å². The summed E-state index contributed by atoms with van der Waals surface area (Å²) in [5.41, 5.74) is 0.665. The molecule has 2 aromatic carbocycles. The van der Waals surface area contributed by atoms with Crippen molar-refractivity contribution in [2.24, 2.45) is 0 Å². The molecule has 1 aliphatic rings. The van der Waals surface area contributed by atoms with E-state index in [0.717, 1.165) is 6.42 Å². The Morgan fingerprint density at radius 2 is 1.83 bits per heavy atom. The number of hydrogen-bond donors (Lipinski definition) is 3. The third kappa shape index (κ3) is 5.26. The third-order valence-corrected chi connectivity index (χ3v) is 5.83. The van der Waals surface area contributed by atoms with Gasteiger partial charge in [0.2, 0.25) is 5.91 Å². The molecule has 1 heterocycles. The van der Waals surface area contributed by atoms with Crippen LogP contribution >= 0.6 is 0 Å². The van der Waals surface area contributed by atoms with Gasteiger partial charge in [-0.05, 0) is 68.3 Å². The molecule has 154 valence electrons. The molecule has 8 nitrogen and oxygen atoms in total. The molecule has 2 amide bonds. The van der Waals surface area contributed by atoms with Crippen molar-refractivity contribution in [1.82, 2.24) is 10.6 Å². The molecule has 0 spiro atoms. The van der Waals surface area contributed by atoms with E-state index >= 15 is 0 Å². The first-order chi connectivity index (χ1) is 13.9. The van der Waals surface area contributed by atoms with Gasteiger partial charge in [0.25, 0.3) is 15.9 Å². The summed E-state index contributed by atoms with van der Waals surface area (Å²) in [5, 5.41) is 5.40. The van der Waals surface area contributed by atoms with Gasteiger partial charge in [-0.1, -0.05) is 0 Å². The van der Waals surface area contributed by atoms with Gasteiger partial charge in [-0.3, -0.25) is 14.3 Å². The van der Waals surface area contributed by atoms with Crippen LogP contribution in [0.3, 0.4) is 0 Å². The van der Waals surface area contributed by atoms with Crippen LogP contribution in [-0.4, -0.2) is 39.4 Å². The van der Waals surface area contributed by atoms with Crippen LogP contribution in [0, 0.1) is 0 Å². The first-order valence-corrected chi connectivity index (χ1v) is 10.8. The minimum atomic E-state index is -3.77. The molecule has 0 aromatic heterocycles. The van der Waals surface area contributed by atoms with E-state index in [4.69, 9.17) is 4.74 Å². The van der Waals surface area contributed by atoms with E-state index in [0.29, 0.717) is 36.6 Å². The predicted molar refractivity (Wildman–Crippen MR) is 108 cm³/mol. The predicted octanol–water partition coefficient (Wildman–Crippen LogP) is 1.89. The molecule has 1 atom stereocenters. The van der Waals surface area contributed by atoms with Crippen molar-refractivity contribution in [1.29, 1.82) is 0 Å². The van der Waals surface area contributed by atoms with Crippen molar-refractivity contribution in [3.8, 4) is 5.75 Å². The van der Waals surface area contributed by atoms with Gasteiger partial charge in [0, 0.05) is 17.8 Å². The molecule has 0 bridgehead atoms. The normalized spacial score (nSPS) is 16.6. The summed E-state index contributed by atoms with van der Waals surface area (Å²) in [7, 11) is -3.77. The summed E-state index contributed by atoms with van der Waals surface area (Å²) < 4.78 is 32.8. The Hall–Kier alpha value is -3.07. The van der Waals surface area contributed by atoms with Crippen LogP contribution < -0.4 is 20.1 Å². The number of sulfonamides is 1. The number of piperidine rings is 1. The quantitative estimate of drug-likeness (QED) is 0.637. The van der Waals surface area contributed by atoms with Crippen molar-refractivity contribution < 1.29 is 22.7 Å². The van der Waals surface area contributed by atoms with Crippen LogP contribution in [0.4, 0.5) is 5.69 Å². The molecule has 1 fully saturated rings. The van der Waals surface area contributed by atoms with Crippen LogP contribution in [0.15, 0.2) is 53.4 Å². The standard InChI is InChI=1S/C20H23N3O5S/c1-2-28-16-9-11-17(12-10-16)29(26,27)23-15-7-5-14(6-8-15)19(24)22-18-4-3-13-21-20(18)25/h5-12,18,23H,2-4,13H2,1H3,(H,21,25)(H,22,24). The first kappa shape index (κ1) is 20.7. The molecule has 0 saturated carbocycles. The Kier molecular flexibility index (Phi) is 6.38. The first-order valence-electron chi connectivity index (χ1n) is 9.33. The zero-order chi connectivity index (χ0) is 20.9. The number of hydrogen-bond acceptors (Lipinski definition) is 5. The summed E-state index contributed by atoms with van der Waals surface area (Å²) in [4.78, 5) is 24.2. The fourth-order valence-corrected chi connectivity index (χ4v) is 4.00. The number of anilines is 1. The van der Waals surface area contributed by atoms with Gasteiger partial charge in [0.1, 0.15) is 11.8 Å². The lowest BCUT2D eigenvalue weighted by Crippen LogP contribution is -2.50. The second-order valence-electron chi connectivity index (χ2n) is 6.55. The Morgan fingerprint density at radius 1 is 1.14 bits per heavy atom. The lowest BCUT2D eigenvalue weighted by atomic mass is 10.1. The topological polar surface area (TPSA) is 114 Å². The van der Waals surface area contributed by atoms with Crippen molar-refractivity contribution in [3.63, 3.8) is 0 Å². The van der Waals surface area contributed by atoms with E-state index in [-0.39, 0.29) is 16.7 Å². The summed E-state index contributed by atoms with van der Waals surface area (Å²) in [5.74, 6) is 0.0192. The molecular formula is C20H23N3O5S. The number of amides is 2. The number of nitrogens with one attached hydrogen (secondary N) is 3. The average Bonchev–Trinajstić information content (AvgIpc) is 2.70. The monoisotopic (exact) mass is 417 g/mol. The van der Waals surface area contributed by atoms with Gasteiger partial charge in [0.15, 0.2) is 0 Å². The molecule has 0 radical (unpaired) electrons. The fourth-order valence-electron chi connectivity index (χ4n) is 2.94. The molecule has 9 heteroatoms. The van der Waals surface area contributed by atoms with Crippen molar-refractivity contribution in [2.75, 3.05) is 17.9 Å². The summed E-state index contributed by atoms with van der Waals surface area (Å²) in [6, 6.07) is 11.6. The fraction of sp³-hybridized carbons (Fsp3) is 0.300. The van der Waals surface area contributed by atoms with Crippen LogP contribution in [0.2, 0.25) is 0 Å². The maximum atomic E-state index is 12.5. The molecule has 1 unspecified atom stereocenters. The molecule has 3 rings (SSSR count). The van der Waals surface area contributed by atoms with Gasteiger partial charge in [-0.25, -0.2) is 8.42 Å². The highest BCUT2D eigenvalue weighted by atomic mass is 32.2. The van der Waals surface area contributed by atoms with Crippen LogP contribution in [0.1, 0.15) is 30.1 Å². The van der Waals surface area contributed by atoms with Crippen LogP contribution in [0.5, 0.6) is 5.75 Å². The minimum Gasteiger partial charge on any atom is -0.494 e. The molecule has 3 N–H and O–H groups in total. The maximum Gasteiger partial charge on any atom is 0.261 e. The Balaban J connectivity index is 1.64. The van der Waals surface area contributed by atoms with Crippen molar-refractivity contribution in [3.05, 3.63) is 54.1 Å². The van der Waals surface area contributed by atoms with Crippen molar-refractivity contribution in [2.45, 2.75) is 30.7 Å². The highest BCUT2D eigenvalue weighted by Gasteiger charge is 2.24. The van der Waals surface area contributed by atoms with E-state index in [9.17, 15) is 18.0 Å². The Morgan fingerprint density at radius 3 is 2.45 bits per heavy atom. The number of carbonyl (C=O) groups excluding carboxylic acids is 2. The van der Waals surface area contributed by atoms with Crippen LogP contribution in [0.25, 0.3) is 0 Å². The lowest BCUT2D eigenvalue weighted by Gasteiger charge is -2.22. The molecule has 2 aromatic rings. The van der Waals surface area contributed by atoms with Crippen molar-refractivity contribution >= 4 is 27.5 Å². The van der Waals surface area contributed by atoms with E-state index in [2.05, 4.69) is 15.4 Å². The second kappa shape index (κ2) is 8.95. The summed E-state index contributed by atoms with van der Waals surface area (Å²) in [6.45, 7) is 2.96. The molecular weight excluding hydrogens is 394 g/mol. The summed E-state index contributed by atoms with van der Waals surface area (Å²) >= 11 is 0. The highest BCUT2D eigenvalue weighted by molar-refractivity contribution is 7.92. The largest absolute Gasteiger partial charge is 0.494 e.